The Hall–Kier alpha value is -2.42. The minimum Gasteiger partial charge on any atom is -0.461 e. The largest absolute Gasteiger partial charge is 0.461 e. The molecule has 4 atom stereocenters. The number of benzene rings is 1. The maximum Gasteiger partial charge on any atom is 0.315 e. The lowest BCUT2D eigenvalue weighted by Gasteiger charge is -2.17. The van der Waals surface area contributed by atoms with E-state index in [1.54, 1.807) is 0 Å². The smallest absolute Gasteiger partial charge is 0.315 e. The van der Waals surface area contributed by atoms with E-state index in [9.17, 15) is 9.59 Å². The molecule has 2 N–H and O–H groups in total. The molecule has 2 heterocycles. The zero-order chi connectivity index (χ0) is 26.1. The number of unbranched alkanes of at least 4 members (excludes halogenated alkanes) is 8. The Balaban J connectivity index is 1.24. The van der Waals surface area contributed by atoms with Gasteiger partial charge in [-0.3, -0.25) is 4.79 Å². The van der Waals surface area contributed by atoms with Gasteiger partial charge in [0, 0.05) is 29.7 Å². The van der Waals surface area contributed by atoms with Crippen LogP contribution in [-0.4, -0.2) is 47.9 Å². The zero-order valence-electron chi connectivity index (χ0n) is 21.7. The summed E-state index contributed by atoms with van der Waals surface area (Å²) in [4.78, 5) is 26.8. The maximum absolute atomic E-state index is 12.1. The number of esters is 1. The van der Waals surface area contributed by atoms with Crippen molar-refractivity contribution >= 4 is 23.8 Å². The molecule has 9 nitrogen and oxygen atoms in total. The van der Waals surface area contributed by atoms with Crippen molar-refractivity contribution in [2.75, 3.05) is 13.2 Å². The van der Waals surface area contributed by atoms with Gasteiger partial charge in [-0.25, -0.2) is 4.79 Å². The van der Waals surface area contributed by atoms with E-state index in [1.807, 2.05) is 42.1 Å². The highest BCUT2D eigenvalue weighted by Gasteiger charge is 2.49. The highest BCUT2D eigenvalue weighted by molar-refractivity contribution is 8.00. The SMILES string of the molecule is [N-]=[N+]=NCCCCCCCCCCO[C@@H]1S[C@@H](CCCCC(=O)OCc2ccccc2)[C@H]2NC(=O)N[C@H]21. The molecule has 0 bridgehead atoms. The molecule has 3 rings (SSSR count). The lowest BCUT2D eigenvalue weighted by atomic mass is 10.0. The Morgan fingerprint density at radius 3 is 2.41 bits per heavy atom. The second-order valence-electron chi connectivity index (χ2n) is 9.76. The van der Waals surface area contributed by atoms with Crippen LogP contribution in [0.3, 0.4) is 0 Å². The first-order chi connectivity index (χ1) is 18.2. The number of nitrogens with one attached hydrogen (secondary N) is 2. The summed E-state index contributed by atoms with van der Waals surface area (Å²) in [6.07, 6.45) is 12.2. The van der Waals surface area contributed by atoms with E-state index in [4.69, 9.17) is 15.0 Å². The fourth-order valence-corrected chi connectivity index (χ4v) is 6.47. The number of hydrogen-bond donors (Lipinski definition) is 2. The number of urea groups is 1. The molecule has 37 heavy (non-hydrogen) atoms. The summed E-state index contributed by atoms with van der Waals surface area (Å²) in [7, 11) is 0. The number of thioether (sulfide) groups is 1. The molecular formula is C27H41N5O4S. The Morgan fingerprint density at radius 1 is 0.946 bits per heavy atom. The number of fused-ring (bicyclic) bond motifs is 1. The van der Waals surface area contributed by atoms with E-state index in [2.05, 4.69) is 20.7 Å². The van der Waals surface area contributed by atoms with Gasteiger partial charge in [0.15, 0.2) is 0 Å². The van der Waals surface area contributed by atoms with Gasteiger partial charge >= 0.3 is 12.0 Å². The van der Waals surface area contributed by atoms with Crippen molar-refractivity contribution in [3.05, 3.63) is 46.3 Å². The summed E-state index contributed by atoms with van der Waals surface area (Å²) in [5.74, 6) is -0.164. The molecule has 1 aromatic rings. The molecule has 2 saturated heterocycles. The third kappa shape index (κ3) is 10.8. The van der Waals surface area contributed by atoms with E-state index in [0.29, 0.717) is 26.2 Å². The lowest BCUT2D eigenvalue weighted by Crippen LogP contribution is -2.40. The third-order valence-corrected chi connectivity index (χ3v) is 8.42. The topological polar surface area (TPSA) is 125 Å². The molecule has 1 aromatic carbocycles. The van der Waals surface area contributed by atoms with Crippen LogP contribution in [0.15, 0.2) is 35.4 Å². The van der Waals surface area contributed by atoms with Crippen LogP contribution in [0.2, 0.25) is 0 Å². The van der Waals surface area contributed by atoms with Crippen molar-refractivity contribution in [3.8, 4) is 0 Å². The molecule has 0 spiro atoms. The molecule has 2 amide bonds. The van der Waals surface area contributed by atoms with E-state index < -0.39 is 0 Å². The van der Waals surface area contributed by atoms with Gasteiger partial charge in [0.25, 0.3) is 0 Å². The van der Waals surface area contributed by atoms with Gasteiger partial charge in [0.2, 0.25) is 0 Å². The van der Waals surface area contributed by atoms with E-state index in [0.717, 1.165) is 50.5 Å². The molecule has 2 aliphatic heterocycles. The van der Waals surface area contributed by atoms with E-state index in [1.165, 1.54) is 25.7 Å². The molecule has 0 aromatic heterocycles. The summed E-state index contributed by atoms with van der Waals surface area (Å²) < 4.78 is 11.6. The minimum absolute atomic E-state index is 0.00343. The second-order valence-corrected chi connectivity index (χ2v) is 11.1. The Morgan fingerprint density at radius 2 is 1.65 bits per heavy atom. The highest BCUT2D eigenvalue weighted by Crippen LogP contribution is 2.39. The first kappa shape index (κ1) is 29.1. The van der Waals surface area contributed by atoms with Crippen molar-refractivity contribution in [1.29, 1.82) is 0 Å². The van der Waals surface area contributed by atoms with E-state index >= 15 is 0 Å². The number of hydrogen-bond acceptors (Lipinski definition) is 6. The first-order valence-corrected chi connectivity index (χ1v) is 14.7. The fraction of sp³-hybridized carbons (Fsp3) is 0.704. The second kappa shape index (κ2) is 17.2. The van der Waals surface area contributed by atoms with Crippen LogP contribution in [0.4, 0.5) is 4.79 Å². The van der Waals surface area contributed by atoms with Gasteiger partial charge < -0.3 is 20.1 Å². The monoisotopic (exact) mass is 531 g/mol. The van der Waals surface area contributed by atoms with Crippen molar-refractivity contribution in [3.63, 3.8) is 0 Å². The quantitative estimate of drug-likeness (QED) is 0.0546. The summed E-state index contributed by atoms with van der Waals surface area (Å²) in [5.41, 5.74) is 9.23. The molecule has 2 fully saturated rings. The number of nitrogens with zero attached hydrogens (tertiary/aromatic N) is 3. The van der Waals surface area contributed by atoms with Crippen LogP contribution in [0.25, 0.3) is 10.4 Å². The van der Waals surface area contributed by atoms with Gasteiger partial charge in [0.1, 0.15) is 12.0 Å². The number of ether oxygens (including phenoxy) is 2. The van der Waals surface area contributed by atoms with E-state index in [-0.39, 0.29) is 34.8 Å². The average molecular weight is 532 g/mol. The van der Waals surface area contributed by atoms with Crippen molar-refractivity contribution in [2.24, 2.45) is 5.11 Å². The first-order valence-electron chi connectivity index (χ1n) is 13.7. The summed E-state index contributed by atoms with van der Waals surface area (Å²) >= 11 is 1.81. The number of azide groups is 1. The Kier molecular flexibility index (Phi) is 13.5. The van der Waals surface area contributed by atoms with Gasteiger partial charge in [0.05, 0.1) is 12.1 Å². The van der Waals surface area contributed by atoms with Crippen molar-refractivity contribution in [1.82, 2.24) is 10.6 Å². The highest BCUT2D eigenvalue weighted by atomic mass is 32.2. The molecule has 204 valence electrons. The van der Waals surface area contributed by atoms with Gasteiger partial charge in [-0.15, -0.1) is 11.8 Å². The average Bonchev–Trinajstić information content (AvgIpc) is 3.44. The van der Waals surface area contributed by atoms with Crippen molar-refractivity contribution < 1.29 is 19.1 Å². The van der Waals surface area contributed by atoms with Crippen LogP contribution in [0, 0.1) is 0 Å². The number of amides is 2. The summed E-state index contributed by atoms with van der Waals surface area (Å²) in [6, 6.07) is 9.68. The van der Waals surface area contributed by atoms with Crippen LogP contribution in [-0.2, 0) is 20.9 Å². The molecule has 0 saturated carbocycles. The third-order valence-electron chi connectivity index (χ3n) is 6.85. The molecule has 0 radical (unpaired) electrons. The predicted octanol–water partition coefficient (Wildman–Crippen LogP) is 6.23. The number of carbonyl (C=O) groups is 2. The van der Waals surface area contributed by atoms with Crippen molar-refractivity contribution in [2.45, 2.75) is 106 Å². The summed E-state index contributed by atoms with van der Waals surface area (Å²) in [5, 5.41) is 9.95. The van der Waals surface area contributed by atoms with Crippen LogP contribution >= 0.6 is 11.8 Å². The standard InChI is InChI=1S/C27H41N5O4S/c28-32-29-18-12-5-3-1-2-4-6-13-19-35-26-25-24(30-27(34)31-25)22(37-26)16-10-11-17-23(33)36-20-21-14-8-7-9-15-21/h7-9,14-15,22,24-26H,1-6,10-13,16-20H2,(H2,30,31,34)/t22-,24+,25+,26+/m0/s1. The minimum atomic E-state index is -0.164. The van der Waals surface area contributed by atoms with Crippen LogP contribution < -0.4 is 10.6 Å². The molecule has 2 aliphatic rings. The normalized spacial score (nSPS) is 22.1. The van der Waals surface area contributed by atoms with Crippen LogP contribution in [0.5, 0.6) is 0 Å². The van der Waals surface area contributed by atoms with Gasteiger partial charge in [-0.2, -0.15) is 0 Å². The predicted molar refractivity (Wildman–Crippen MR) is 146 cm³/mol. The molecule has 0 aliphatic carbocycles. The molecule has 0 unspecified atom stereocenters. The number of rotatable bonds is 19. The van der Waals surface area contributed by atoms with Gasteiger partial charge in [-0.05, 0) is 36.8 Å². The molecule has 10 heteroatoms. The van der Waals surface area contributed by atoms with Gasteiger partial charge in [-0.1, -0.05) is 80.4 Å². The number of carbonyl (C=O) groups excluding carboxylic acids is 2. The zero-order valence-corrected chi connectivity index (χ0v) is 22.5. The lowest BCUT2D eigenvalue weighted by molar-refractivity contribution is -0.145. The Bertz CT molecular complexity index is 868. The maximum atomic E-state index is 12.1. The summed E-state index contributed by atoms with van der Waals surface area (Å²) in [6.45, 7) is 1.64. The molecular weight excluding hydrogens is 490 g/mol. The Labute approximate surface area is 224 Å². The fourth-order valence-electron chi connectivity index (χ4n) is 4.83. The van der Waals surface area contributed by atoms with Crippen LogP contribution in [0.1, 0.15) is 82.6 Å².